The van der Waals surface area contributed by atoms with Crippen LogP contribution >= 0.6 is 0 Å². The van der Waals surface area contributed by atoms with Gasteiger partial charge < -0.3 is 4.42 Å². The lowest BCUT2D eigenvalue weighted by atomic mass is 10.2. The Kier molecular flexibility index (Phi) is 4.99. The third kappa shape index (κ3) is 3.70. The van der Waals surface area contributed by atoms with Crippen molar-refractivity contribution in [1.29, 1.82) is 0 Å². The summed E-state index contributed by atoms with van der Waals surface area (Å²) in [4.78, 5) is 7.14. The zero-order chi connectivity index (χ0) is 19.9. The number of aryl methyl sites for hydroxylation is 3. The van der Waals surface area contributed by atoms with Gasteiger partial charge in [0.15, 0.2) is 5.58 Å². The van der Waals surface area contributed by atoms with Gasteiger partial charge in [-0.3, -0.25) is 4.90 Å². The van der Waals surface area contributed by atoms with Crippen molar-refractivity contribution in [2.24, 2.45) is 0 Å². The van der Waals surface area contributed by atoms with E-state index in [9.17, 15) is 8.42 Å². The van der Waals surface area contributed by atoms with Crippen molar-refractivity contribution in [1.82, 2.24) is 14.2 Å². The van der Waals surface area contributed by atoms with E-state index in [0.29, 0.717) is 43.5 Å². The molecule has 28 heavy (non-hydrogen) atoms. The first-order valence-corrected chi connectivity index (χ1v) is 10.9. The Balaban J connectivity index is 1.44. The summed E-state index contributed by atoms with van der Waals surface area (Å²) in [5.41, 5.74) is 4.53. The minimum Gasteiger partial charge on any atom is -0.439 e. The minimum atomic E-state index is -3.47. The van der Waals surface area contributed by atoms with Crippen LogP contribution in [0.3, 0.4) is 0 Å². The lowest BCUT2D eigenvalue weighted by Crippen LogP contribution is -2.48. The molecule has 1 aliphatic heterocycles. The van der Waals surface area contributed by atoms with Crippen molar-refractivity contribution in [3.8, 4) is 0 Å². The van der Waals surface area contributed by atoms with E-state index in [1.165, 1.54) is 0 Å². The summed E-state index contributed by atoms with van der Waals surface area (Å²) >= 11 is 0. The van der Waals surface area contributed by atoms with Crippen LogP contribution in [0.15, 0.2) is 45.7 Å². The van der Waals surface area contributed by atoms with Gasteiger partial charge in [-0.25, -0.2) is 13.4 Å². The van der Waals surface area contributed by atoms with Crippen molar-refractivity contribution in [2.45, 2.75) is 32.2 Å². The highest BCUT2D eigenvalue weighted by Gasteiger charge is 2.30. The number of hydrogen-bond donors (Lipinski definition) is 0. The SMILES string of the molecule is Cc1ccc(C)c(S(=O)(=O)N2CCN(Cc3nc4ccc(C)cc4o3)CC2)c1. The molecule has 0 atom stereocenters. The fraction of sp³-hybridized carbons (Fsp3) is 0.381. The van der Waals surface area contributed by atoms with Crippen LogP contribution in [0.25, 0.3) is 11.1 Å². The van der Waals surface area contributed by atoms with Gasteiger partial charge in [-0.05, 0) is 55.7 Å². The maximum Gasteiger partial charge on any atom is 0.243 e. The number of oxazole rings is 1. The highest BCUT2D eigenvalue weighted by atomic mass is 32.2. The summed E-state index contributed by atoms with van der Waals surface area (Å²) in [6.45, 7) is 8.62. The molecule has 2 heterocycles. The Morgan fingerprint density at radius 3 is 2.39 bits per heavy atom. The van der Waals surface area contributed by atoms with Gasteiger partial charge in [0.25, 0.3) is 0 Å². The normalized spacial score (nSPS) is 16.7. The van der Waals surface area contributed by atoms with Gasteiger partial charge in [0.05, 0.1) is 11.4 Å². The lowest BCUT2D eigenvalue weighted by Gasteiger charge is -2.33. The van der Waals surface area contributed by atoms with Crippen LogP contribution in [0.2, 0.25) is 0 Å². The third-order valence-corrected chi connectivity index (χ3v) is 7.28. The fourth-order valence-corrected chi connectivity index (χ4v) is 5.32. The first kappa shape index (κ1) is 19.1. The number of hydrogen-bond acceptors (Lipinski definition) is 5. The van der Waals surface area contributed by atoms with Crippen LogP contribution < -0.4 is 0 Å². The molecule has 7 heteroatoms. The quantitative estimate of drug-likeness (QED) is 0.674. The predicted molar refractivity (Wildman–Crippen MR) is 109 cm³/mol. The highest BCUT2D eigenvalue weighted by Crippen LogP contribution is 2.23. The Hall–Kier alpha value is -2.22. The molecule has 4 rings (SSSR count). The first-order chi connectivity index (χ1) is 13.3. The Labute approximate surface area is 165 Å². The molecule has 1 aliphatic rings. The van der Waals surface area contributed by atoms with Crippen molar-refractivity contribution in [2.75, 3.05) is 26.2 Å². The molecule has 6 nitrogen and oxygen atoms in total. The molecule has 0 amide bonds. The molecule has 0 saturated carbocycles. The van der Waals surface area contributed by atoms with Crippen molar-refractivity contribution >= 4 is 21.1 Å². The second-order valence-electron chi connectivity index (χ2n) is 7.53. The van der Waals surface area contributed by atoms with Gasteiger partial charge in [-0.15, -0.1) is 0 Å². The molecule has 3 aromatic rings. The summed E-state index contributed by atoms with van der Waals surface area (Å²) in [6, 6.07) is 11.5. The van der Waals surface area contributed by atoms with Gasteiger partial charge in [0.2, 0.25) is 15.9 Å². The molecule has 0 unspecified atom stereocenters. The summed E-state index contributed by atoms with van der Waals surface area (Å²) < 4.78 is 33.5. The number of aromatic nitrogens is 1. The molecule has 148 valence electrons. The molecule has 1 aromatic heterocycles. The van der Waals surface area contributed by atoms with E-state index in [4.69, 9.17) is 4.42 Å². The maximum absolute atomic E-state index is 13.1. The van der Waals surface area contributed by atoms with Crippen molar-refractivity contribution in [3.63, 3.8) is 0 Å². The van der Waals surface area contributed by atoms with E-state index >= 15 is 0 Å². The number of piperazine rings is 1. The molecular weight excluding hydrogens is 374 g/mol. The second kappa shape index (κ2) is 7.31. The Morgan fingerprint density at radius 2 is 1.64 bits per heavy atom. The van der Waals surface area contributed by atoms with E-state index in [2.05, 4.69) is 9.88 Å². The van der Waals surface area contributed by atoms with Gasteiger partial charge in [-0.2, -0.15) is 4.31 Å². The largest absolute Gasteiger partial charge is 0.439 e. The fourth-order valence-electron chi connectivity index (χ4n) is 3.59. The molecule has 0 aliphatic carbocycles. The molecule has 0 spiro atoms. The van der Waals surface area contributed by atoms with E-state index in [-0.39, 0.29) is 0 Å². The molecular formula is C21H25N3O3S. The maximum atomic E-state index is 13.1. The summed E-state index contributed by atoms with van der Waals surface area (Å²) in [7, 11) is -3.47. The van der Waals surface area contributed by atoms with Gasteiger partial charge in [-0.1, -0.05) is 18.2 Å². The van der Waals surface area contributed by atoms with Crippen LogP contribution in [0, 0.1) is 20.8 Å². The Morgan fingerprint density at radius 1 is 0.964 bits per heavy atom. The molecule has 1 fully saturated rings. The molecule has 0 N–H and O–H groups in total. The van der Waals surface area contributed by atoms with Crippen molar-refractivity contribution < 1.29 is 12.8 Å². The number of rotatable bonds is 4. The third-order valence-electron chi connectivity index (χ3n) is 5.24. The van der Waals surface area contributed by atoms with E-state index in [1.807, 2.05) is 51.1 Å². The van der Waals surface area contributed by atoms with Crippen molar-refractivity contribution in [3.05, 3.63) is 59.0 Å². The van der Waals surface area contributed by atoms with Crippen LogP contribution in [0.5, 0.6) is 0 Å². The van der Waals surface area contributed by atoms with Crippen LogP contribution in [0.1, 0.15) is 22.6 Å². The number of benzene rings is 2. The first-order valence-electron chi connectivity index (χ1n) is 9.49. The monoisotopic (exact) mass is 399 g/mol. The van der Waals surface area contributed by atoms with Gasteiger partial charge in [0, 0.05) is 26.2 Å². The molecule has 2 aromatic carbocycles. The smallest absolute Gasteiger partial charge is 0.243 e. The average molecular weight is 400 g/mol. The van der Waals surface area contributed by atoms with E-state index < -0.39 is 10.0 Å². The van der Waals surface area contributed by atoms with Gasteiger partial charge in [0.1, 0.15) is 5.52 Å². The molecule has 0 radical (unpaired) electrons. The zero-order valence-corrected chi connectivity index (χ0v) is 17.3. The highest BCUT2D eigenvalue weighted by molar-refractivity contribution is 7.89. The molecule has 1 saturated heterocycles. The van der Waals surface area contributed by atoms with E-state index in [1.54, 1.807) is 10.4 Å². The second-order valence-corrected chi connectivity index (χ2v) is 9.43. The topological polar surface area (TPSA) is 66.7 Å². The van der Waals surface area contributed by atoms with Crippen LogP contribution in [-0.4, -0.2) is 48.8 Å². The summed E-state index contributed by atoms with van der Waals surface area (Å²) in [5.74, 6) is 0.673. The van der Waals surface area contributed by atoms with Gasteiger partial charge >= 0.3 is 0 Å². The lowest BCUT2D eigenvalue weighted by molar-refractivity contribution is 0.169. The number of sulfonamides is 1. The zero-order valence-electron chi connectivity index (χ0n) is 16.5. The number of fused-ring (bicyclic) bond motifs is 1. The number of nitrogens with zero attached hydrogens (tertiary/aromatic N) is 3. The Bertz CT molecular complexity index is 1110. The standard InChI is InChI=1S/C21H25N3O3S/c1-15-5-7-18-19(12-15)27-21(22-18)14-23-8-10-24(11-9-23)28(25,26)20-13-16(2)4-6-17(20)3/h4-7,12-13H,8-11,14H2,1-3H3. The van der Waals surface area contributed by atoms with E-state index in [0.717, 1.165) is 27.8 Å². The molecule has 0 bridgehead atoms. The summed E-state index contributed by atoms with van der Waals surface area (Å²) in [5, 5.41) is 0. The minimum absolute atomic E-state index is 0.412. The van der Waals surface area contributed by atoms with Crippen LogP contribution in [-0.2, 0) is 16.6 Å². The predicted octanol–water partition coefficient (Wildman–Crippen LogP) is 3.26. The average Bonchev–Trinajstić information content (AvgIpc) is 3.05. The van der Waals surface area contributed by atoms with Crippen LogP contribution in [0.4, 0.5) is 0 Å². The summed E-state index contributed by atoms with van der Waals surface area (Å²) in [6.07, 6.45) is 0.